The Morgan fingerprint density at radius 3 is 2.68 bits per heavy atom. The number of carbonyl (C=O) groups is 1. The predicted octanol–water partition coefficient (Wildman–Crippen LogP) is 1.62. The van der Waals surface area contributed by atoms with Gasteiger partial charge in [-0.15, -0.1) is 0 Å². The van der Waals surface area contributed by atoms with Crippen molar-refractivity contribution in [2.24, 2.45) is 7.05 Å². The molecule has 1 N–H and O–H groups in total. The van der Waals surface area contributed by atoms with Crippen LogP contribution in [0, 0.1) is 0 Å². The summed E-state index contributed by atoms with van der Waals surface area (Å²) >= 11 is 0. The van der Waals surface area contributed by atoms with Crippen LogP contribution in [-0.2, 0) is 18.4 Å². The molecule has 0 aliphatic rings. The van der Waals surface area contributed by atoms with E-state index in [1.165, 1.54) is 4.68 Å². The first-order valence-electron chi connectivity index (χ1n) is 7.94. The summed E-state index contributed by atoms with van der Waals surface area (Å²) in [7, 11) is 3.40. The summed E-state index contributed by atoms with van der Waals surface area (Å²) in [6.45, 7) is 1.76. The molecule has 0 fully saturated rings. The second-order valence-electron chi connectivity index (χ2n) is 5.90. The maximum Gasteiger partial charge on any atom is 0.291 e. The quantitative estimate of drug-likeness (QED) is 0.766. The molecule has 0 radical (unpaired) electrons. The average Bonchev–Trinajstić information content (AvgIpc) is 2.99. The van der Waals surface area contributed by atoms with Crippen LogP contribution in [0.3, 0.4) is 0 Å². The van der Waals surface area contributed by atoms with Gasteiger partial charge in [-0.3, -0.25) is 9.59 Å². The Balaban J connectivity index is 1.72. The van der Waals surface area contributed by atoms with E-state index in [1.807, 2.05) is 37.3 Å². The SMILES string of the molecule is COc1ccc([C@H](C)NC(=O)Cn2ncc3ccn(C)c3c2=O)cc1. The van der Waals surface area contributed by atoms with Crippen molar-refractivity contribution in [3.63, 3.8) is 0 Å². The molecule has 0 saturated heterocycles. The van der Waals surface area contributed by atoms with Crippen LogP contribution < -0.4 is 15.6 Å². The number of ether oxygens (including phenoxy) is 1. The number of amides is 1. The zero-order valence-electron chi connectivity index (χ0n) is 14.4. The third-order valence-corrected chi connectivity index (χ3v) is 4.16. The Morgan fingerprint density at radius 2 is 2.00 bits per heavy atom. The number of nitrogens with zero attached hydrogens (tertiary/aromatic N) is 3. The third-order valence-electron chi connectivity index (χ3n) is 4.16. The fourth-order valence-electron chi connectivity index (χ4n) is 2.75. The highest BCUT2D eigenvalue weighted by atomic mass is 16.5. The van der Waals surface area contributed by atoms with Crippen molar-refractivity contribution in [2.45, 2.75) is 19.5 Å². The number of methoxy groups -OCH3 is 1. The van der Waals surface area contributed by atoms with Crippen LogP contribution in [-0.4, -0.2) is 27.4 Å². The van der Waals surface area contributed by atoms with Crippen molar-refractivity contribution < 1.29 is 9.53 Å². The molecular weight excluding hydrogens is 320 g/mol. The minimum Gasteiger partial charge on any atom is -0.497 e. The first-order chi connectivity index (χ1) is 12.0. The van der Waals surface area contributed by atoms with E-state index in [4.69, 9.17) is 4.74 Å². The number of aromatic nitrogens is 3. The van der Waals surface area contributed by atoms with E-state index in [9.17, 15) is 9.59 Å². The molecule has 1 aromatic carbocycles. The van der Waals surface area contributed by atoms with Gasteiger partial charge in [-0.05, 0) is 30.7 Å². The van der Waals surface area contributed by atoms with Gasteiger partial charge >= 0.3 is 0 Å². The monoisotopic (exact) mass is 340 g/mol. The highest BCUT2D eigenvalue weighted by Gasteiger charge is 2.13. The first kappa shape index (κ1) is 16.8. The van der Waals surface area contributed by atoms with Gasteiger partial charge in [-0.25, -0.2) is 4.68 Å². The molecule has 1 amide bonds. The summed E-state index contributed by atoms with van der Waals surface area (Å²) in [4.78, 5) is 24.7. The van der Waals surface area contributed by atoms with Crippen molar-refractivity contribution >= 4 is 16.8 Å². The number of hydrogen-bond donors (Lipinski definition) is 1. The van der Waals surface area contributed by atoms with Gasteiger partial charge in [0.2, 0.25) is 5.91 Å². The Hall–Kier alpha value is -3.09. The van der Waals surface area contributed by atoms with E-state index in [2.05, 4.69) is 10.4 Å². The molecule has 0 spiro atoms. The maximum atomic E-state index is 12.5. The molecule has 3 rings (SSSR count). The summed E-state index contributed by atoms with van der Waals surface area (Å²) in [5.74, 6) is 0.486. The number of hydrogen-bond acceptors (Lipinski definition) is 4. The molecule has 7 heteroatoms. The first-order valence-corrected chi connectivity index (χ1v) is 7.94. The number of benzene rings is 1. The molecule has 0 aliphatic heterocycles. The van der Waals surface area contributed by atoms with Crippen LogP contribution in [0.2, 0.25) is 0 Å². The van der Waals surface area contributed by atoms with E-state index in [-0.39, 0.29) is 24.1 Å². The number of nitrogens with one attached hydrogen (secondary N) is 1. The van der Waals surface area contributed by atoms with Crippen molar-refractivity contribution in [3.05, 3.63) is 58.6 Å². The predicted molar refractivity (Wildman–Crippen MR) is 94.5 cm³/mol. The van der Waals surface area contributed by atoms with E-state index < -0.39 is 0 Å². The van der Waals surface area contributed by atoms with Crippen LogP contribution in [0.5, 0.6) is 5.75 Å². The minimum absolute atomic E-state index is 0.125. The van der Waals surface area contributed by atoms with Gasteiger partial charge in [0.25, 0.3) is 5.56 Å². The molecule has 0 unspecified atom stereocenters. The fourth-order valence-corrected chi connectivity index (χ4v) is 2.75. The normalized spacial score (nSPS) is 12.1. The lowest BCUT2D eigenvalue weighted by Crippen LogP contribution is -2.35. The largest absolute Gasteiger partial charge is 0.497 e. The zero-order chi connectivity index (χ0) is 18.0. The van der Waals surface area contributed by atoms with Gasteiger partial charge in [0.15, 0.2) is 0 Å². The van der Waals surface area contributed by atoms with E-state index in [1.54, 1.807) is 31.1 Å². The molecule has 7 nitrogen and oxygen atoms in total. The molecule has 130 valence electrons. The Labute approximate surface area is 144 Å². The summed E-state index contributed by atoms with van der Waals surface area (Å²) in [6.07, 6.45) is 3.39. The highest BCUT2D eigenvalue weighted by Crippen LogP contribution is 2.17. The third kappa shape index (κ3) is 3.40. The molecule has 2 heterocycles. The van der Waals surface area contributed by atoms with Crippen molar-refractivity contribution in [3.8, 4) is 5.75 Å². The lowest BCUT2D eigenvalue weighted by Gasteiger charge is -2.15. The van der Waals surface area contributed by atoms with Crippen molar-refractivity contribution in [1.82, 2.24) is 19.7 Å². The molecule has 3 aromatic rings. The van der Waals surface area contributed by atoms with Crippen LogP contribution in [0.15, 0.2) is 47.5 Å². The highest BCUT2D eigenvalue weighted by molar-refractivity contribution is 5.79. The second-order valence-corrected chi connectivity index (χ2v) is 5.90. The van der Waals surface area contributed by atoms with Gasteiger partial charge in [0, 0.05) is 18.6 Å². The zero-order valence-corrected chi connectivity index (χ0v) is 14.4. The number of rotatable bonds is 5. The Bertz CT molecular complexity index is 957. The summed E-state index contributed by atoms with van der Waals surface area (Å²) < 4.78 is 8.03. The fraction of sp³-hybridized carbons (Fsp3) is 0.278. The molecule has 0 aliphatic carbocycles. The van der Waals surface area contributed by atoms with Crippen molar-refractivity contribution in [2.75, 3.05) is 7.11 Å². The topological polar surface area (TPSA) is 78.2 Å². The molecule has 0 bridgehead atoms. The van der Waals surface area contributed by atoms with E-state index in [0.29, 0.717) is 5.52 Å². The lowest BCUT2D eigenvalue weighted by molar-refractivity contribution is -0.122. The summed E-state index contributed by atoms with van der Waals surface area (Å²) in [6, 6.07) is 9.10. The van der Waals surface area contributed by atoms with Gasteiger partial charge < -0.3 is 14.6 Å². The Kier molecular flexibility index (Phi) is 4.56. The average molecular weight is 340 g/mol. The standard InChI is InChI=1S/C18H20N4O3/c1-12(13-4-6-15(25-3)7-5-13)20-16(23)11-22-18(24)17-14(10-19-22)8-9-21(17)2/h4-10,12H,11H2,1-3H3,(H,20,23)/t12-/m0/s1. The minimum atomic E-state index is -0.280. The molecule has 25 heavy (non-hydrogen) atoms. The van der Waals surface area contributed by atoms with E-state index in [0.717, 1.165) is 16.7 Å². The smallest absolute Gasteiger partial charge is 0.291 e. The van der Waals surface area contributed by atoms with Gasteiger partial charge in [0.1, 0.15) is 17.8 Å². The summed E-state index contributed by atoms with van der Waals surface area (Å²) in [5, 5.41) is 7.72. The van der Waals surface area contributed by atoms with Crippen LogP contribution in [0.1, 0.15) is 18.5 Å². The van der Waals surface area contributed by atoms with Crippen LogP contribution >= 0.6 is 0 Å². The van der Waals surface area contributed by atoms with Gasteiger partial charge in [0.05, 0.1) is 19.3 Å². The molecule has 0 saturated carbocycles. The second kappa shape index (κ2) is 6.80. The van der Waals surface area contributed by atoms with Gasteiger partial charge in [-0.1, -0.05) is 12.1 Å². The molecule has 1 atom stereocenters. The van der Waals surface area contributed by atoms with Crippen LogP contribution in [0.4, 0.5) is 0 Å². The molecular formula is C18H20N4O3. The lowest BCUT2D eigenvalue weighted by atomic mass is 10.1. The van der Waals surface area contributed by atoms with E-state index >= 15 is 0 Å². The molecule has 2 aromatic heterocycles. The van der Waals surface area contributed by atoms with Crippen molar-refractivity contribution in [1.29, 1.82) is 0 Å². The van der Waals surface area contributed by atoms with Gasteiger partial charge in [-0.2, -0.15) is 5.10 Å². The number of carbonyl (C=O) groups excluding carboxylic acids is 1. The Morgan fingerprint density at radius 1 is 1.28 bits per heavy atom. The number of fused-ring (bicyclic) bond motifs is 1. The summed E-state index contributed by atoms with van der Waals surface area (Å²) in [5.41, 5.74) is 1.20. The van der Waals surface area contributed by atoms with Crippen LogP contribution in [0.25, 0.3) is 10.9 Å². The number of aryl methyl sites for hydroxylation is 1. The maximum absolute atomic E-state index is 12.5.